The van der Waals surface area contributed by atoms with E-state index in [1.54, 1.807) is 18.2 Å². The maximum absolute atomic E-state index is 10.8. The number of aliphatic hydroxyl groups excluding tert-OH is 1. The molecule has 1 unspecified atom stereocenters. The Balaban J connectivity index is 1.76. The lowest BCUT2D eigenvalue weighted by molar-refractivity contribution is -0.385. The predicted molar refractivity (Wildman–Crippen MR) is 74.8 cm³/mol. The van der Waals surface area contributed by atoms with Crippen molar-refractivity contribution in [1.82, 2.24) is 4.90 Å². The van der Waals surface area contributed by atoms with Gasteiger partial charge < -0.3 is 14.7 Å². The van der Waals surface area contributed by atoms with Crippen molar-refractivity contribution in [2.45, 2.75) is 18.9 Å². The van der Waals surface area contributed by atoms with Gasteiger partial charge in [-0.1, -0.05) is 12.1 Å². The second-order valence-electron chi connectivity index (χ2n) is 5.24. The maximum atomic E-state index is 10.8. The highest BCUT2D eigenvalue weighted by Gasteiger charge is 2.30. The minimum Gasteiger partial charge on any atom is -0.485 e. The summed E-state index contributed by atoms with van der Waals surface area (Å²) in [5.74, 6) is 0.738. The summed E-state index contributed by atoms with van der Waals surface area (Å²) < 4.78 is 5.46. The third kappa shape index (κ3) is 4.18. The van der Waals surface area contributed by atoms with Gasteiger partial charge in [-0.2, -0.15) is 0 Å². The number of likely N-dealkylation sites (N-methyl/N-ethyl adjacent to an activating group) is 1. The van der Waals surface area contributed by atoms with Crippen LogP contribution >= 0.6 is 0 Å². The molecule has 0 spiro atoms. The average molecular weight is 280 g/mol. The molecule has 0 amide bonds. The standard InChI is InChI=1S/C14H20N2O4/c1-15(10-13(17)11-6-7-11)8-9-20-14-5-3-2-4-12(14)16(18)19/h2-5,11,13,17H,6-10H2,1H3. The molecule has 2 rings (SSSR count). The Morgan fingerprint density at radius 3 is 2.85 bits per heavy atom. The van der Waals surface area contributed by atoms with Gasteiger partial charge in [0.05, 0.1) is 11.0 Å². The molecule has 6 heteroatoms. The first-order valence-corrected chi connectivity index (χ1v) is 6.80. The van der Waals surface area contributed by atoms with E-state index in [2.05, 4.69) is 0 Å². The van der Waals surface area contributed by atoms with Gasteiger partial charge in [0.15, 0.2) is 5.75 Å². The fourth-order valence-corrected chi connectivity index (χ4v) is 2.08. The van der Waals surface area contributed by atoms with Crippen LogP contribution in [0.2, 0.25) is 0 Å². The third-order valence-electron chi connectivity index (χ3n) is 3.46. The molecule has 0 heterocycles. The van der Waals surface area contributed by atoms with Gasteiger partial charge in [0, 0.05) is 19.2 Å². The molecule has 1 N–H and O–H groups in total. The number of para-hydroxylation sites is 2. The number of nitrogens with zero attached hydrogens (tertiary/aromatic N) is 2. The Morgan fingerprint density at radius 2 is 2.20 bits per heavy atom. The quantitative estimate of drug-likeness (QED) is 0.579. The monoisotopic (exact) mass is 280 g/mol. The van der Waals surface area contributed by atoms with Crippen molar-refractivity contribution in [1.29, 1.82) is 0 Å². The Labute approximate surface area is 118 Å². The zero-order valence-corrected chi connectivity index (χ0v) is 11.6. The zero-order valence-electron chi connectivity index (χ0n) is 11.6. The van der Waals surface area contributed by atoms with Crippen LogP contribution in [0.4, 0.5) is 5.69 Å². The van der Waals surface area contributed by atoms with Crippen molar-refractivity contribution >= 4 is 5.69 Å². The van der Waals surface area contributed by atoms with Crippen LogP contribution in [-0.4, -0.2) is 47.8 Å². The number of benzene rings is 1. The van der Waals surface area contributed by atoms with Crippen molar-refractivity contribution in [3.05, 3.63) is 34.4 Å². The van der Waals surface area contributed by atoms with E-state index in [9.17, 15) is 15.2 Å². The van der Waals surface area contributed by atoms with Gasteiger partial charge in [-0.15, -0.1) is 0 Å². The largest absolute Gasteiger partial charge is 0.485 e. The minimum absolute atomic E-state index is 0.0202. The van der Waals surface area contributed by atoms with Crippen molar-refractivity contribution in [3.8, 4) is 5.75 Å². The number of nitro benzene ring substituents is 1. The molecule has 1 aromatic carbocycles. The molecule has 1 aliphatic carbocycles. The molecular formula is C14H20N2O4. The lowest BCUT2D eigenvalue weighted by Crippen LogP contribution is -2.33. The van der Waals surface area contributed by atoms with E-state index in [4.69, 9.17) is 4.74 Å². The fourth-order valence-electron chi connectivity index (χ4n) is 2.08. The molecule has 0 aliphatic heterocycles. The molecule has 110 valence electrons. The van der Waals surface area contributed by atoms with Crippen LogP contribution in [0, 0.1) is 16.0 Å². The summed E-state index contributed by atoms with van der Waals surface area (Å²) in [4.78, 5) is 12.4. The normalized spacial score (nSPS) is 16.1. The first kappa shape index (κ1) is 14.7. The van der Waals surface area contributed by atoms with Crippen LogP contribution in [0.25, 0.3) is 0 Å². The number of ether oxygens (including phenoxy) is 1. The van der Waals surface area contributed by atoms with Crippen molar-refractivity contribution in [2.75, 3.05) is 26.7 Å². The van der Waals surface area contributed by atoms with Gasteiger partial charge >= 0.3 is 5.69 Å². The van der Waals surface area contributed by atoms with E-state index in [1.165, 1.54) is 6.07 Å². The molecule has 0 aromatic heterocycles. The highest BCUT2D eigenvalue weighted by atomic mass is 16.6. The Bertz CT molecular complexity index is 462. The van der Waals surface area contributed by atoms with Gasteiger partial charge in [-0.3, -0.25) is 10.1 Å². The summed E-state index contributed by atoms with van der Waals surface area (Å²) in [5.41, 5.74) is -0.0202. The van der Waals surface area contributed by atoms with Crippen molar-refractivity contribution in [3.63, 3.8) is 0 Å². The predicted octanol–water partition coefficient (Wildman–Crippen LogP) is 1.68. The van der Waals surface area contributed by atoms with Crippen LogP contribution in [0.5, 0.6) is 5.75 Å². The van der Waals surface area contributed by atoms with Crippen LogP contribution in [0.15, 0.2) is 24.3 Å². The van der Waals surface area contributed by atoms with Gasteiger partial charge in [-0.25, -0.2) is 0 Å². The molecule has 6 nitrogen and oxygen atoms in total. The summed E-state index contributed by atoms with van der Waals surface area (Å²) in [7, 11) is 1.91. The fraction of sp³-hybridized carbons (Fsp3) is 0.571. The first-order valence-electron chi connectivity index (χ1n) is 6.80. The third-order valence-corrected chi connectivity index (χ3v) is 3.46. The van der Waals surface area contributed by atoms with Crippen molar-refractivity contribution < 1.29 is 14.8 Å². The van der Waals surface area contributed by atoms with Crippen LogP contribution in [0.1, 0.15) is 12.8 Å². The van der Waals surface area contributed by atoms with Gasteiger partial charge in [0.2, 0.25) is 0 Å². The van der Waals surface area contributed by atoms with Crippen LogP contribution in [-0.2, 0) is 0 Å². The number of aliphatic hydroxyl groups is 1. The van der Waals surface area contributed by atoms with Gasteiger partial charge in [-0.05, 0) is 31.9 Å². The molecule has 1 atom stereocenters. The summed E-state index contributed by atoms with van der Waals surface area (Å²) in [6, 6.07) is 6.35. The second kappa shape index (κ2) is 6.67. The molecule has 1 fully saturated rings. The molecule has 1 aliphatic rings. The highest BCUT2D eigenvalue weighted by molar-refractivity contribution is 5.45. The number of hydrogen-bond donors (Lipinski definition) is 1. The minimum atomic E-state index is -0.449. The topological polar surface area (TPSA) is 75.8 Å². The molecule has 0 radical (unpaired) electrons. The van der Waals surface area contributed by atoms with E-state index in [0.29, 0.717) is 25.6 Å². The molecular weight excluding hydrogens is 260 g/mol. The van der Waals surface area contributed by atoms with E-state index < -0.39 is 4.92 Å². The average Bonchev–Trinajstić information content (AvgIpc) is 3.23. The first-order chi connectivity index (χ1) is 9.58. The Kier molecular flexibility index (Phi) is 4.92. The molecule has 0 bridgehead atoms. The molecule has 0 saturated heterocycles. The summed E-state index contributed by atoms with van der Waals surface area (Å²) in [6.45, 7) is 1.60. The van der Waals surface area contributed by atoms with E-state index in [0.717, 1.165) is 12.8 Å². The van der Waals surface area contributed by atoms with Gasteiger partial charge in [0.25, 0.3) is 0 Å². The Hall–Kier alpha value is -1.66. The lowest BCUT2D eigenvalue weighted by atomic mass is 10.2. The van der Waals surface area contributed by atoms with Crippen LogP contribution < -0.4 is 4.74 Å². The Morgan fingerprint density at radius 1 is 1.50 bits per heavy atom. The van der Waals surface area contributed by atoms with Crippen LogP contribution in [0.3, 0.4) is 0 Å². The summed E-state index contributed by atoms with van der Waals surface area (Å²) >= 11 is 0. The summed E-state index contributed by atoms with van der Waals surface area (Å²) in [6.07, 6.45) is 1.95. The SMILES string of the molecule is CN(CCOc1ccccc1[N+](=O)[O-])CC(O)C1CC1. The molecule has 20 heavy (non-hydrogen) atoms. The number of rotatable bonds is 8. The lowest BCUT2D eigenvalue weighted by Gasteiger charge is -2.20. The van der Waals surface area contributed by atoms with E-state index in [-0.39, 0.29) is 17.5 Å². The zero-order chi connectivity index (χ0) is 14.5. The highest BCUT2D eigenvalue weighted by Crippen LogP contribution is 2.32. The second-order valence-corrected chi connectivity index (χ2v) is 5.24. The van der Waals surface area contributed by atoms with Gasteiger partial charge in [0.1, 0.15) is 6.61 Å². The maximum Gasteiger partial charge on any atom is 0.310 e. The molecule has 1 saturated carbocycles. The van der Waals surface area contributed by atoms with Crippen molar-refractivity contribution in [2.24, 2.45) is 5.92 Å². The molecule has 1 aromatic rings. The van der Waals surface area contributed by atoms with E-state index in [1.807, 2.05) is 11.9 Å². The smallest absolute Gasteiger partial charge is 0.310 e. The number of nitro groups is 1. The van der Waals surface area contributed by atoms with E-state index >= 15 is 0 Å². The summed E-state index contributed by atoms with van der Waals surface area (Å²) in [5, 5.41) is 20.6. The number of hydrogen-bond acceptors (Lipinski definition) is 5.